The summed E-state index contributed by atoms with van der Waals surface area (Å²) in [5.74, 6) is 0.601. The molecule has 0 unspecified atom stereocenters. The van der Waals surface area contributed by atoms with Crippen molar-refractivity contribution >= 4 is 11.6 Å². The SMILES string of the molecule is Cc1cc(C)n2nc(C(=O)N3CCOC[C@@H]3c3ncc(C)[nH]3)cc2n1. The van der Waals surface area contributed by atoms with Gasteiger partial charge in [-0.25, -0.2) is 14.5 Å². The quantitative estimate of drug-likeness (QED) is 0.765. The van der Waals surface area contributed by atoms with Crippen molar-refractivity contribution < 1.29 is 9.53 Å². The second-order valence-electron chi connectivity index (χ2n) is 6.38. The Balaban J connectivity index is 1.70. The lowest BCUT2D eigenvalue weighted by atomic mass is 10.2. The van der Waals surface area contributed by atoms with Gasteiger partial charge in [-0.05, 0) is 26.8 Å². The van der Waals surface area contributed by atoms with E-state index in [0.29, 0.717) is 31.1 Å². The number of carbonyl (C=O) groups is 1. The average Bonchev–Trinajstić information content (AvgIpc) is 3.20. The lowest BCUT2D eigenvalue weighted by molar-refractivity contribution is -0.00533. The van der Waals surface area contributed by atoms with Crippen LogP contribution < -0.4 is 0 Å². The number of hydrogen-bond donors (Lipinski definition) is 1. The van der Waals surface area contributed by atoms with Crippen molar-refractivity contribution in [3.63, 3.8) is 0 Å². The van der Waals surface area contributed by atoms with E-state index in [1.165, 1.54) is 0 Å². The van der Waals surface area contributed by atoms with Gasteiger partial charge in [0.25, 0.3) is 5.91 Å². The highest BCUT2D eigenvalue weighted by molar-refractivity contribution is 5.93. The number of imidazole rings is 1. The number of carbonyl (C=O) groups excluding carboxylic acids is 1. The first-order valence-corrected chi connectivity index (χ1v) is 8.27. The molecule has 8 nitrogen and oxygen atoms in total. The minimum atomic E-state index is -0.240. The highest BCUT2D eigenvalue weighted by Gasteiger charge is 2.32. The molecule has 0 aromatic carbocycles. The molecule has 0 spiro atoms. The summed E-state index contributed by atoms with van der Waals surface area (Å²) in [5, 5.41) is 4.45. The number of aromatic nitrogens is 5. The number of aryl methyl sites for hydroxylation is 3. The van der Waals surface area contributed by atoms with E-state index in [-0.39, 0.29) is 11.9 Å². The van der Waals surface area contributed by atoms with Crippen molar-refractivity contribution in [2.75, 3.05) is 19.8 Å². The second-order valence-corrected chi connectivity index (χ2v) is 6.38. The fourth-order valence-corrected chi connectivity index (χ4v) is 3.21. The van der Waals surface area contributed by atoms with E-state index in [4.69, 9.17) is 4.74 Å². The normalized spacial score (nSPS) is 18.0. The molecule has 1 amide bonds. The van der Waals surface area contributed by atoms with E-state index in [0.717, 1.165) is 22.9 Å². The number of amides is 1. The summed E-state index contributed by atoms with van der Waals surface area (Å²) in [6.07, 6.45) is 1.76. The van der Waals surface area contributed by atoms with Gasteiger partial charge in [0.05, 0.1) is 13.2 Å². The third kappa shape index (κ3) is 2.78. The Morgan fingerprint density at radius 2 is 2.16 bits per heavy atom. The van der Waals surface area contributed by atoms with Crippen LogP contribution in [-0.4, -0.2) is 55.1 Å². The zero-order chi connectivity index (χ0) is 17.6. The molecule has 4 rings (SSSR count). The standard InChI is InChI=1S/C17H20N6O2/c1-10-6-12(3)23-15(19-10)7-13(21-23)17(24)22-4-5-25-9-14(22)16-18-8-11(2)20-16/h6-8,14H,4-5,9H2,1-3H3,(H,18,20)/t14-/m1/s1. The Morgan fingerprint density at radius 3 is 2.92 bits per heavy atom. The predicted octanol–water partition coefficient (Wildman–Crippen LogP) is 1.59. The van der Waals surface area contributed by atoms with Crippen molar-refractivity contribution in [2.45, 2.75) is 26.8 Å². The van der Waals surface area contributed by atoms with Gasteiger partial charge in [-0.3, -0.25) is 4.79 Å². The molecule has 0 aliphatic carbocycles. The van der Waals surface area contributed by atoms with Crippen LogP contribution in [0.15, 0.2) is 18.3 Å². The summed E-state index contributed by atoms with van der Waals surface area (Å²) in [4.78, 5) is 26.9. The highest BCUT2D eigenvalue weighted by atomic mass is 16.5. The van der Waals surface area contributed by atoms with Crippen LogP contribution in [0.1, 0.15) is 39.4 Å². The van der Waals surface area contributed by atoms with E-state index < -0.39 is 0 Å². The van der Waals surface area contributed by atoms with Gasteiger partial charge in [0.15, 0.2) is 11.3 Å². The molecule has 1 atom stereocenters. The van der Waals surface area contributed by atoms with E-state index in [2.05, 4.69) is 20.1 Å². The topological polar surface area (TPSA) is 88.4 Å². The number of morpholine rings is 1. The van der Waals surface area contributed by atoms with Crippen LogP contribution in [0.25, 0.3) is 5.65 Å². The van der Waals surface area contributed by atoms with Crippen LogP contribution >= 0.6 is 0 Å². The van der Waals surface area contributed by atoms with E-state index in [1.807, 2.05) is 26.8 Å². The largest absolute Gasteiger partial charge is 0.377 e. The maximum absolute atomic E-state index is 13.1. The minimum absolute atomic E-state index is 0.134. The first-order chi connectivity index (χ1) is 12.0. The van der Waals surface area contributed by atoms with Crippen LogP contribution in [0.5, 0.6) is 0 Å². The molecule has 3 aromatic heterocycles. The van der Waals surface area contributed by atoms with E-state index in [1.54, 1.807) is 21.7 Å². The zero-order valence-corrected chi connectivity index (χ0v) is 14.5. The number of fused-ring (bicyclic) bond motifs is 1. The van der Waals surface area contributed by atoms with Gasteiger partial charge in [0, 0.05) is 35.9 Å². The van der Waals surface area contributed by atoms with Crippen LogP contribution in [-0.2, 0) is 4.74 Å². The smallest absolute Gasteiger partial charge is 0.275 e. The molecule has 1 aliphatic heterocycles. The van der Waals surface area contributed by atoms with E-state index >= 15 is 0 Å². The molecule has 0 saturated carbocycles. The number of nitrogens with zero attached hydrogens (tertiary/aromatic N) is 5. The summed E-state index contributed by atoms with van der Waals surface area (Å²) in [7, 11) is 0. The van der Waals surface area contributed by atoms with Gasteiger partial charge in [-0.1, -0.05) is 0 Å². The molecular weight excluding hydrogens is 320 g/mol. The number of ether oxygens (including phenoxy) is 1. The fraction of sp³-hybridized carbons (Fsp3) is 0.412. The Bertz CT molecular complexity index is 944. The lowest BCUT2D eigenvalue weighted by Crippen LogP contribution is -2.44. The van der Waals surface area contributed by atoms with Crippen molar-refractivity contribution in [2.24, 2.45) is 0 Å². The fourth-order valence-electron chi connectivity index (χ4n) is 3.21. The average molecular weight is 340 g/mol. The first kappa shape index (κ1) is 15.8. The Morgan fingerprint density at radius 1 is 1.32 bits per heavy atom. The maximum atomic E-state index is 13.1. The Labute approximate surface area is 144 Å². The van der Waals surface area contributed by atoms with Gasteiger partial charge >= 0.3 is 0 Å². The van der Waals surface area contributed by atoms with Crippen LogP contribution in [0.4, 0.5) is 0 Å². The third-order valence-electron chi connectivity index (χ3n) is 4.38. The van der Waals surface area contributed by atoms with Crippen LogP contribution in [0.2, 0.25) is 0 Å². The predicted molar refractivity (Wildman–Crippen MR) is 90.4 cm³/mol. The van der Waals surface area contributed by atoms with Crippen LogP contribution in [0, 0.1) is 20.8 Å². The monoisotopic (exact) mass is 340 g/mol. The molecule has 1 N–H and O–H groups in total. The first-order valence-electron chi connectivity index (χ1n) is 8.27. The second kappa shape index (κ2) is 5.96. The summed E-state index contributed by atoms with van der Waals surface area (Å²) >= 11 is 0. The maximum Gasteiger partial charge on any atom is 0.275 e. The molecule has 4 heterocycles. The highest BCUT2D eigenvalue weighted by Crippen LogP contribution is 2.24. The molecule has 3 aromatic rings. The molecular formula is C17H20N6O2. The molecule has 1 saturated heterocycles. The zero-order valence-electron chi connectivity index (χ0n) is 14.5. The number of nitrogens with one attached hydrogen (secondary N) is 1. The number of rotatable bonds is 2. The molecule has 25 heavy (non-hydrogen) atoms. The summed E-state index contributed by atoms with van der Waals surface area (Å²) < 4.78 is 7.27. The van der Waals surface area contributed by atoms with Gasteiger partial charge in [-0.15, -0.1) is 0 Å². The molecule has 130 valence electrons. The van der Waals surface area contributed by atoms with Gasteiger partial charge < -0.3 is 14.6 Å². The summed E-state index contributed by atoms with van der Waals surface area (Å²) in [5.41, 5.74) is 3.87. The van der Waals surface area contributed by atoms with Gasteiger partial charge in [0.1, 0.15) is 11.9 Å². The van der Waals surface area contributed by atoms with Gasteiger partial charge in [0.2, 0.25) is 0 Å². The Hall–Kier alpha value is -2.74. The van der Waals surface area contributed by atoms with Crippen molar-refractivity contribution in [3.05, 3.63) is 46.9 Å². The molecule has 0 bridgehead atoms. The number of H-pyrrole nitrogens is 1. The van der Waals surface area contributed by atoms with E-state index in [9.17, 15) is 4.79 Å². The minimum Gasteiger partial charge on any atom is -0.377 e. The molecule has 1 aliphatic rings. The third-order valence-corrected chi connectivity index (χ3v) is 4.38. The number of aromatic amines is 1. The molecule has 0 radical (unpaired) electrons. The van der Waals surface area contributed by atoms with Crippen molar-refractivity contribution in [3.8, 4) is 0 Å². The summed E-state index contributed by atoms with van der Waals surface area (Å²) in [6, 6.07) is 3.44. The van der Waals surface area contributed by atoms with Crippen molar-refractivity contribution in [1.29, 1.82) is 0 Å². The molecule has 1 fully saturated rings. The number of hydrogen-bond acceptors (Lipinski definition) is 5. The van der Waals surface area contributed by atoms with Crippen molar-refractivity contribution in [1.82, 2.24) is 29.5 Å². The molecule has 8 heteroatoms. The lowest BCUT2D eigenvalue weighted by Gasteiger charge is -2.33. The van der Waals surface area contributed by atoms with Gasteiger partial charge in [-0.2, -0.15) is 5.10 Å². The summed E-state index contributed by atoms with van der Waals surface area (Å²) in [6.45, 7) is 7.24. The van der Waals surface area contributed by atoms with Crippen LogP contribution in [0.3, 0.4) is 0 Å². The Kier molecular flexibility index (Phi) is 3.76.